The first-order chi connectivity index (χ1) is 13.1. The van der Waals surface area contributed by atoms with Gasteiger partial charge in [-0.3, -0.25) is 4.79 Å². The highest BCUT2D eigenvalue weighted by atomic mass is 16.5. The van der Waals surface area contributed by atoms with Gasteiger partial charge in [0.25, 0.3) is 5.91 Å². The lowest BCUT2D eigenvalue weighted by molar-refractivity contribution is 0.0938. The van der Waals surface area contributed by atoms with Crippen molar-refractivity contribution < 1.29 is 9.53 Å². The van der Waals surface area contributed by atoms with Crippen LogP contribution in [0.2, 0.25) is 0 Å². The number of aromatic nitrogens is 2. The van der Waals surface area contributed by atoms with Crippen molar-refractivity contribution in [3.05, 3.63) is 72.6 Å². The monoisotopic (exact) mass is 362 g/mol. The standard InChI is InChI=1S/C21H22N4O2/c1-3-15(2)24-20(26)16-13-22-21(23-14-16)25-17-9-11-19(12-10-17)27-18-7-5-4-6-8-18/h4-15H,3H2,1-2H3,(H,24,26)(H,22,23,25). The first-order valence-electron chi connectivity index (χ1n) is 8.87. The summed E-state index contributed by atoms with van der Waals surface area (Å²) < 4.78 is 5.76. The lowest BCUT2D eigenvalue weighted by Gasteiger charge is -2.11. The molecule has 1 amide bonds. The van der Waals surface area contributed by atoms with E-state index in [1.807, 2.05) is 68.4 Å². The number of carbonyl (C=O) groups is 1. The highest BCUT2D eigenvalue weighted by Gasteiger charge is 2.09. The SMILES string of the molecule is CCC(C)NC(=O)c1cnc(Nc2ccc(Oc3ccccc3)cc2)nc1. The van der Waals surface area contributed by atoms with E-state index in [2.05, 4.69) is 20.6 Å². The molecule has 1 heterocycles. The van der Waals surface area contributed by atoms with E-state index in [1.165, 1.54) is 12.4 Å². The van der Waals surface area contributed by atoms with Crippen molar-refractivity contribution in [2.45, 2.75) is 26.3 Å². The molecule has 0 radical (unpaired) electrons. The maximum Gasteiger partial charge on any atom is 0.254 e. The quantitative estimate of drug-likeness (QED) is 0.645. The second-order valence-corrected chi connectivity index (χ2v) is 6.14. The van der Waals surface area contributed by atoms with E-state index < -0.39 is 0 Å². The van der Waals surface area contributed by atoms with Gasteiger partial charge in [-0.15, -0.1) is 0 Å². The summed E-state index contributed by atoms with van der Waals surface area (Å²) in [6.45, 7) is 3.98. The third kappa shape index (κ3) is 5.28. The molecule has 0 saturated heterocycles. The van der Waals surface area contributed by atoms with Crippen LogP contribution in [-0.2, 0) is 0 Å². The molecule has 2 aromatic carbocycles. The summed E-state index contributed by atoms with van der Waals surface area (Å²) in [5.41, 5.74) is 1.26. The van der Waals surface area contributed by atoms with Gasteiger partial charge in [-0.25, -0.2) is 9.97 Å². The van der Waals surface area contributed by atoms with E-state index in [0.717, 1.165) is 23.6 Å². The van der Waals surface area contributed by atoms with Gasteiger partial charge in [-0.2, -0.15) is 0 Å². The Labute approximate surface area is 158 Å². The van der Waals surface area contributed by atoms with E-state index in [0.29, 0.717) is 11.5 Å². The second-order valence-electron chi connectivity index (χ2n) is 6.14. The van der Waals surface area contributed by atoms with Crippen LogP contribution in [0.15, 0.2) is 67.0 Å². The number of ether oxygens (including phenoxy) is 1. The summed E-state index contributed by atoms with van der Waals surface area (Å²) in [5, 5.41) is 5.99. The summed E-state index contributed by atoms with van der Waals surface area (Å²) in [7, 11) is 0. The smallest absolute Gasteiger partial charge is 0.254 e. The molecule has 1 aromatic heterocycles. The molecular weight excluding hydrogens is 340 g/mol. The zero-order valence-electron chi connectivity index (χ0n) is 15.3. The fourth-order valence-corrected chi connectivity index (χ4v) is 2.28. The molecule has 1 atom stereocenters. The number of hydrogen-bond donors (Lipinski definition) is 2. The first kappa shape index (κ1) is 18.4. The van der Waals surface area contributed by atoms with Crippen LogP contribution < -0.4 is 15.4 Å². The fourth-order valence-electron chi connectivity index (χ4n) is 2.28. The minimum atomic E-state index is -0.168. The van der Waals surface area contributed by atoms with Crippen molar-refractivity contribution in [3.8, 4) is 11.5 Å². The van der Waals surface area contributed by atoms with Crippen molar-refractivity contribution in [3.63, 3.8) is 0 Å². The van der Waals surface area contributed by atoms with Gasteiger partial charge in [0.1, 0.15) is 11.5 Å². The van der Waals surface area contributed by atoms with E-state index in [4.69, 9.17) is 4.74 Å². The number of benzene rings is 2. The number of nitrogens with one attached hydrogen (secondary N) is 2. The number of nitrogens with zero attached hydrogens (tertiary/aromatic N) is 2. The Hall–Kier alpha value is -3.41. The van der Waals surface area contributed by atoms with Crippen molar-refractivity contribution in [2.75, 3.05) is 5.32 Å². The highest BCUT2D eigenvalue weighted by Crippen LogP contribution is 2.23. The topological polar surface area (TPSA) is 76.1 Å². The van der Waals surface area contributed by atoms with Gasteiger partial charge in [0, 0.05) is 24.1 Å². The van der Waals surface area contributed by atoms with Gasteiger partial charge in [-0.05, 0) is 49.7 Å². The Morgan fingerprint density at radius 2 is 1.63 bits per heavy atom. The molecule has 3 aromatic rings. The van der Waals surface area contributed by atoms with Crippen LogP contribution in [0.25, 0.3) is 0 Å². The van der Waals surface area contributed by atoms with Crippen LogP contribution in [0.3, 0.4) is 0 Å². The first-order valence-corrected chi connectivity index (χ1v) is 8.87. The van der Waals surface area contributed by atoms with Crippen LogP contribution in [-0.4, -0.2) is 21.9 Å². The van der Waals surface area contributed by atoms with Crippen LogP contribution in [0, 0.1) is 0 Å². The van der Waals surface area contributed by atoms with Gasteiger partial charge in [0.2, 0.25) is 5.95 Å². The van der Waals surface area contributed by atoms with Crippen molar-refractivity contribution in [1.29, 1.82) is 0 Å². The van der Waals surface area contributed by atoms with E-state index >= 15 is 0 Å². The Kier molecular flexibility index (Phi) is 5.99. The lowest BCUT2D eigenvalue weighted by atomic mass is 10.2. The Morgan fingerprint density at radius 3 is 2.26 bits per heavy atom. The molecule has 6 heteroatoms. The summed E-state index contributed by atoms with van der Waals surface area (Å²) in [6, 6.07) is 17.2. The Bertz CT molecular complexity index is 865. The average molecular weight is 362 g/mol. The van der Waals surface area contributed by atoms with Crippen LogP contribution in [0.1, 0.15) is 30.6 Å². The number of rotatable bonds is 7. The normalized spacial score (nSPS) is 11.5. The number of hydrogen-bond acceptors (Lipinski definition) is 5. The summed E-state index contributed by atoms with van der Waals surface area (Å²) in [6.07, 6.45) is 3.90. The maximum atomic E-state index is 12.0. The van der Waals surface area contributed by atoms with E-state index in [1.54, 1.807) is 0 Å². The van der Waals surface area contributed by atoms with Crippen LogP contribution in [0.5, 0.6) is 11.5 Å². The Balaban J connectivity index is 1.59. The largest absolute Gasteiger partial charge is 0.457 e. The van der Waals surface area contributed by atoms with Gasteiger partial charge in [0.05, 0.1) is 5.56 Å². The molecular formula is C21H22N4O2. The molecule has 0 aliphatic carbocycles. The molecule has 3 rings (SSSR count). The predicted molar refractivity (Wildman–Crippen MR) is 105 cm³/mol. The zero-order chi connectivity index (χ0) is 19.1. The van der Waals surface area contributed by atoms with Gasteiger partial charge < -0.3 is 15.4 Å². The summed E-state index contributed by atoms with van der Waals surface area (Å²) >= 11 is 0. The van der Waals surface area contributed by atoms with Crippen LogP contribution in [0.4, 0.5) is 11.6 Å². The molecule has 0 fully saturated rings. The minimum absolute atomic E-state index is 0.118. The fraction of sp³-hybridized carbons (Fsp3) is 0.190. The number of amides is 1. The van der Waals surface area contributed by atoms with Gasteiger partial charge in [-0.1, -0.05) is 25.1 Å². The van der Waals surface area contributed by atoms with Crippen LogP contribution >= 0.6 is 0 Å². The average Bonchev–Trinajstić information content (AvgIpc) is 2.70. The molecule has 0 spiro atoms. The third-order valence-electron chi connectivity index (χ3n) is 3.99. The molecule has 0 aliphatic rings. The molecule has 0 aliphatic heterocycles. The third-order valence-corrected chi connectivity index (χ3v) is 3.99. The molecule has 0 bridgehead atoms. The molecule has 27 heavy (non-hydrogen) atoms. The summed E-state index contributed by atoms with van der Waals surface area (Å²) in [5.74, 6) is 1.78. The number of carbonyl (C=O) groups excluding carboxylic acids is 1. The predicted octanol–water partition coefficient (Wildman–Crippen LogP) is 4.54. The minimum Gasteiger partial charge on any atom is -0.457 e. The van der Waals surface area contributed by atoms with Crippen molar-refractivity contribution >= 4 is 17.5 Å². The van der Waals surface area contributed by atoms with E-state index in [-0.39, 0.29) is 11.9 Å². The Morgan fingerprint density at radius 1 is 1.00 bits per heavy atom. The lowest BCUT2D eigenvalue weighted by Crippen LogP contribution is -2.32. The van der Waals surface area contributed by atoms with E-state index in [9.17, 15) is 4.79 Å². The number of anilines is 2. The van der Waals surface area contributed by atoms with Gasteiger partial charge >= 0.3 is 0 Å². The molecule has 0 saturated carbocycles. The number of para-hydroxylation sites is 1. The molecule has 138 valence electrons. The molecule has 1 unspecified atom stereocenters. The molecule has 2 N–H and O–H groups in total. The maximum absolute atomic E-state index is 12.0. The summed E-state index contributed by atoms with van der Waals surface area (Å²) in [4.78, 5) is 20.5. The highest BCUT2D eigenvalue weighted by molar-refractivity contribution is 5.93. The van der Waals surface area contributed by atoms with Gasteiger partial charge in [0.15, 0.2) is 0 Å². The second kappa shape index (κ2) is 8.80. The van der Waals surface area contributed by atoms with Crippen molar-refractivity contribution in [2.24, 2.45) is 0 Å². The molecule has 6 nitrogen and oxygen atoms in total. The van der Waals surface area contributed by atoms with Crippen molar-refractivity contribution in [1.82, 2.24) is 15.3 Å². The zero-order valence-corrected chi connectivity index (χ0v) is 15.3.